The Morgan fingerprint density at radius 1 is 1.29 bits per heavy atom. The smallest absolute Gasteiger partial charge is 0.266 e. The summed E-state index contributed by atoms with van der Waals surface area (Å²) in [4.78, 5) is 14.5. The predicted molar refractivity (Wildman–Crippen MR) is 88.5 cm³/mol. The molecule has 7 heteroatoms. The van der Waals surface area contributed by atoms with Gasteiger partial charge in [-0.3, -0.25) is 9.69 Å². The molecule has 4 nitrogen and oxygen atoms in total. The molecule has 0 radical (unpaired) electrons. The lowest BCUT2D eigenvalue weighted by Crippen LogP contribution is -2.39. The highest BCUT2D eigenvalue weighted by Gasteiger charge is 2.41. The van der Waals surface area contributed by atoms with Crippen molar-refractivity contribution in [3.63, 3.8) is 0 Å². The van der Waals surface area contributed by atoms with Crippen molar-refractivity contribution in [1.29, 1.82) is 0 Å². The van der Waals surface area contributed by atoms with Crippen LogP contribution in [0.3, 0.4) is 0 Å². The minimum Gasteiger partial charge on any atom is -0.289 e. The fourth-order valence-corrected chi connectivity index (χ4v) is 5.57. The average molecular weight is 339 g/mol. The Balaban J connectivity index is 1.85. The van der Waals surface area contributed by atoms with E-state index < -0.39 is 9.84 Å². The summed E-state index contributed by atoms with van der Waals surface area (Å²) in [7, 11) is -3.04. The predicted octanol–water partition coefficient (Wildman–Crippen LogP) is 2.07. The molecule has 1 amide bonds. The Morgan fingerprint density at radius 2 is 2.00 bits per heavy atom. The van der Waals surface area contributed by atoms with Gasteiger partial charge in [-0.15, -0.1) is 0 Å². The molecule has 0 unspecified atom stereocenters. The van der Waals surface area contributed by atoms with Gasteiger partial charge in [0.2, 0.25) is 0 Å². The SMILES string of the molecule is O=C1/C(=C/c2ccccc2)SC(=S)N1[C@H]1CCS(=O)(=O)C1. The zero-order valence-corrected chi connectivity index (χ0v) is 13.5. The van der Waals surface area contributed by atoms with Gasteiger partial charge < -0.3 is 0 Å². The Labute approximate surface area is 133 Å². The molecule has 2 saturated heterocycles. The quantitative estimate of drug-likeness (QED) is 0.610. The minimum atomic E-state index is -3.04. The van der Waals surface area contributed by atoms with Gasteiger partial charge in [0, 0.05) is 0 Å². The zero-order valence-electron chi connectivity index (χ0n) is 11.1. The summed E-state index contributed by atoms with van der Waals surface area (Å²) in [6.07, 6.45) is 2.26. The summed E-state index contributed by atoms with van der Waals surface area (Å²) >= 11 is 6.49. The van der Waals surface area contributed by atoms with Gasteiger partial charge >= 0.3 is 0 Å². The van der Waals surface area contributed by atoms with Crippen LogP contribution in [0.25, 0.3) is 6.08 Å². The molecule has 0 N–H and O–H groups in total. The normalized spacial score (nSPS) is 26.8. The van der Waals surface area contributed by atoms with E-state index in [4.69, 9.17) is 12.2 Å². The number of thioether (sulfide) groups is 1. The molecule has 0 bridgehead atoms. The van der Waals surface area contributed by atoms with Crippen LogP contribution >= 0.6 is 24.0 Å². The molecule has 0 aromatic heterocycles. The topological polar surface area (TPSA) is 54.5 Å². The molecule has 2 fully saturated rings. The second-order valence-electron chi connectivity index (χ2n) is 5.02. The first-order chi connectivity index (χ1) is 9.96. The van der Waals surface area contributed by atoms with Crippen molar-refractivity contribution in [2.75, 3.05) is 11.5 Å². The van der Waals surface area contributed by atoms with Crippen LogP contribution in [0, 0.1) is 0 Å². The maximum Gasteiger partial charge on any atom is 0.266 e. The molecule has 2 heterocycles. The standard InChI is InChI=1S/C14H13NO3S3/c16-13-12(8-10-4-2-1-3-5-10)20-14(19)15(13)11-6-7-21(17,18)9-11/h1-5,8,11H,6-7,9H2/b12-8-/t11-/m0/s1. The number of hydrogen-bond acceptors (Lipinski definition) is 5. The van der Waals surface area contributed by atoms with Crippen LogP contribution < -0.4 is 0 Å². The number of carbonyl (C=O) groups excluding carboxylic acids is 1. The van der Waals surface area contributed by atoms with Gasteiger partial charge in [0.25, 0.3) is 5.91 Å². The molecule has 1 aromatic carbocycles. The van der Waals surface area contributed by atoms with E-state index in [1.54, 1.807) is 6.08 Å². The van der Waals surface area contributed by atoms with Gasteiger partial charge in [-0.2, -0.15) is 0 Å². The van der Waals surface area contributed by atoms with Crippen LogP contribution in [0.15, 0.2) is 35.2 Å². The summed E-state index contributed by atoms with van der Waals surface area (Å²) in [5.41, 5.74) is 0.928. The van der Waals surface area contributed by atoms with Gasteiger partial charge in [-0.1, -0.05) is 54.3 Å². The first-order valence-electron chi connectivity index (χ1n) is 6.49. The zero-order chi connectivity index (χ0) is 15.0. The molecule has 2 aliphatic heterocycles. The number of benzene rings is 1. The van der Waals surface area contributed by atoms with Crippen LogP contribution in [-0.2, 0) is 14.6 Å². The van der Waals surface area contributed by atoms with E-state index in [0.717, 1.165) is 5.56 Å². The van der Waals surface area contributed by atoms with Crippen LogP contribution in [-0.4, -0.2) is 41.1 Å². The lowest BCUT2D eigenvalue weighted by Gasteiger charge is -2.20. The first-order valence-corrected chi connectivity index (χ1v) is 9.53. The van der Waals surface area contributed by atoms with E-state index in [0.29, 0.717) is 15.6 Å². The second-order valence-corrected chi connectivity index (χ2v) is 8.92. The summed E-state index contributed by atoms with van der Waals surface area (Å²) < 4.78 is 23.6. The molecule has 2 aliphatic rings. The van der Waals surface area contributed by atoms with E-state index in [1.807, 2.05) is 30.3 Å². The number of rotatable bonds is 2. The summed E-state index contributed by atoms with van der Waals surface area (Å²) in [5, 5.41) is 0. The van der Waals surface area contributed by atoms with Gasteiger partial charge in [-0.25, -0.2) is 8.42 Å². The van der Waals surface area contributed by atoms with Crippen molar-refractivity contribution in [3.8, 4) is 0 Å². The van der Waals surface area contributed by atoms with Crippen molar-refractivity contribution in [2.24, 2.45) is 0 Å². The number of thiocarbonyl (C=S) groups is 1. The molecule has 21 heavy (non-hydrogen) atoms. The Kier molecular flexibility index (Phi) is 3.90. The summed E-state index contributed by atoms with van der Waals surface area (Å²) in [6, 6.07) is 9.21. The summed E-state index contributed by atoms with van der Waals surface area (Å²) in [6.45, 7) is 0. The molecule has 110 valence electrons. The van der Waals surface area contributed by atoms with Crippen LogP contribution in [0.2, 0.25) is 0 Å². The monoisotopic (exact) mass is 339 g/mol. The average Bonchev–Trinajstić information content (AvgIpc) is 2.91. The number of amides is 1. The summed E-state index contributed by atoms with van der Waals surface area (Å²) in [5.74, 6) is -0.0409. The minimum absolute atomic E-state index is 0.0120. The Morgan fingerprint density at radius 3 is 2.62 bits per heavy atom. The number of sulfone groups is 1. The van der Waals surface area contributed by atoms with E-state index >= 15 is 0 Å². The highest BCUT2D eigenvalue weighted by molar-refractivity contribution is 8.26. The maximum absolute atomic E-state index is 12.5. The van der Waals surface area contributed by atoms with E-state index in [-0.39, 0.29) is 23.5 Å². The van der Waals surface area contributed by atoms with Crippen LogP contribution in [0.4, 0.5) is 0 Å². The molecule has 3 rings (SSSR count). The fourth-order valence-electron chi connectivity index (χ4n) is 2.47. The molecular formula is C14H13NO3S3. The van der Waals surface area contributed by atoms with E-state index in [1.165, 1.54) is 16.7 Å². The van der Waals surface area contributed by atoms with Gasteiger partial charge in [0.1, 0.15) is 4.32 Å². The number of hydrogen-bond donors (Lipinski definition) is 0. The van der Waals surface area contributed by atoms with E-state index in [2.05, 4.69) is 0 Å². The third-order valence-corrected chi connectivity index (χ3v) is 6.58. The molecule has 1 aromatic rings. The first kappa shape index (κ1) is 14.7. The van der Waals surface area contributed by atoms with Crippen molar-refractivity contribution in [2.45, 2.75) is 12.5 Å². The van der Waals surface area contributed by atoms with Crippen LogP contribution in [0.5, 0.6) is 0 Å². The fraction of sp³-hybridized carbons (Fsp3) is 0.286. The van der Waals surface area contributed by atoms with Gasteiger partial charge in [-0.05, 0) is 18.1 Å². The maximum atomic E-state index is 12.5. The molecular weight excluding hydrogens is 326 g/mol. The Bertz CT molecular complexity index is 725. The third kappa shape index (κ3) is 3.04. The highest BCUT2D eigenvalue weighted by atomic mass is 32.2. The van der Waals surface area contributed by atoms with Gasteiger partial charge in [0.05, 0.1) is 22.5 Å². The second kappa shape index (κ2) is 5.55. The van der Waals surface area contributed by atoms with Crippen molar-refractivity contribution < 1.29 is 13.2 Å². The third-order valence-electron chi connectivity index (χ3n) is 3.49. The number of nitrogens with zero attached hydrogens (tertiary/aromatic N) is 1. The van der Waals surface area contributed by atoms with Gasteiger partial charge in [0.15, 0.2) is 9.84 Å². The lowest BCUT2D eigenvalue weighted by molar-refractivity contribution is -0.123. The molecule has 0 aliphatic carbocycles. The van der Waals surface area contributed by atoms with Crippen molar-refractivity contribution in [3.05, 3.63) is 40.8 Å². The van der Waals surface area contributed by atoms with Crippen LogP contribution in [0.1, 0.15) is 12.0 Å². The molecule has 1 atom stereocenters. The lowest BCUT2D eigenvalue weighted by atomic mass is 10.2. The largest absolute Gasteiger partial charge is 0.289 e. The molecule has 0 spiro atoms. The molecule has 0 saturated carbocycles. The van der Waals surface area contributed by atoms with E-state index in [9.17, 15) is 13.2 Å². The van der Waals surface area contributed by atoms with Crippen molar-refractivity contribution >= 4 is 50.1 Å². The highest BCUT2D eigenvalue weighted by Crippen LogP contribution is 2.36. The number of carbonyl (C=O) groups is 1. The van der Waals surface area contributed by atoms with Crippen molar-refractivity contribution in [1.82, 2.24) is 4.90 Å². The Hall–Kier alpha value is -1.18.